The second-order valence-corrected chi connectivity index (χ2v) is 6.58. The van der Waals surface area contributed by atoms with Gasteiger partial charge in [0.2, 0.25) is 0 Å². The fourth-order valence-electron chi connectivity index (χ4n) is 2.88. The second-order valence-electron chi connectivity index (χ2n) is 6.58. The minimum atomic E-state index is -0.693. The number of carbonyl (C=O) groups excluding carboxylic acids is 1. The Balaban J connectivity index is 1.88. The number of pyridine rings is 1. The third-order valence-electron chi connectivity index (χ3n) is 4.27. The van der Waals surface area contributed by atoms with E-state index >= 15 is 0 Å². The number of aryl methyl sites for hydroxylation is 1. The minimum absolute atomic E-state index is 0.153. The van der Waals surface area contributed by atoms with Crippen molar-refractivity contribution in [2.24, 2.45) is 0 Å². The summed E-state index contributed by atoms with van der Waals surface area (Å²) in [6, 6.07) is 4.57. The average molecular weight is 358 g/mol. The molecule has 3 rings (SSSR count). The van der Waals surface area contributed by atoms with E-state index in [1.807, 2.05) is 13.8 Å². The van der Waals surface area contributed by atoms with Crippen LogP contribution in [0.2, 0.25) is 0 Å². The Morgan fingerprint density at radius 3 is 2.58 bits per heavy atom. The Hall–Kier alpha value is -2.83. The molecule has 0 fully saturated rings. The van der Waals surface area contributed by atoms with E-state index in [1.165, 1.54) is 12.1 Å². The Morgan fingerprint density at radius 2 is 1.92 bits per heavy atom. The zero-order valence-electron chi connectivity index (χ0n) is 15.0. The quantitative estimate of drug-likeness (QED) is 0.764. The molecule has 3 aromatic rings. The molecule has 0 radical (unpaired) electrons. The molecule has 0 saturated carbocycles. The maximum Gasteiger partial charge on any atom is 0.253 e. The molecule has 0 unspecified atom stereocenters. The first kappa shape index (κ1) is 18.0. The fraction of sp³-hybridized carbons (Fsp3) is 0.316. The van der Waals surface area contributed by atoms with Crippen LogP contribution >= 0.6 is 0 Å². The number of nitrogens with zero attached hydrogens (tertiary/aromatic N) is 3. The molecule has 1 atom stereocenters. The van der Waals surface area contributed by atoms with E-state index in [4.69, 9.17) is 0 Å². The molecule has 1 N–H and O–H groups in total. The topological polar surface area (TPSA) is 59.8 Å². The molecule has 5 nitrogen and oxygen atoms in total. The highest BCUT2D eigenvalue weighted by Gasteiger charge is 2.19. The Kier molecular flexibility index (Phi) is 4.71. The summed E-state index contributed by atoms with van der Waals surface area (Å²) in [6.07, 6.45) is 1.67. The molecule has 2 aromatic heterocycles. The minimum Gasteiger partial charge on any atom is -0.345 e. The predicted octanol–water partition coefficient (Wildman–Crippen LogP) is 4.09. The van der Waals surface area contributed by atoms with Crippen LogP contribution in [0.1, 0.15) is 54.5 Å². The van der Waals surface area contributed by atoms with Crippen LogP contribution in [0.5, 0.6) is 0 Å². The van der Waals surface area contributed by atoms with E-state index in [-0.39, 0.29) is 17.5 Å². The van der Waals surface area contributed by atoms with Gasteiger partial charge in [-0.1, -0.05) is 6.07 Å². The van der Waals surface area contributed by atoms with Gasteiger partial charge in [-0.2, -0.15) is 5.10 Å². The lowest BCUT2D eigenvalue weighted by Crippen LogP contribution is -2.28. The van der Waals surface area contributed by atoms with Gasteiger partial charge in [0.15, 0.2) is 5.65 Å². The van der Waals surface area contributed by atoms with Gasteiger partial charge in [-0.05, 0) is 39.8 Å². The van der Waals surface area contributed by atoms with Crippen molar-refractivity contribution in [2.45, 2.75) is 39.8 Å². The van der Waals surface area contributed by atoms with E-state index in [0.29, 0.717) is 16.9 Å². The Morgan fingerprint density at radius 1 is 1.19 bits per heavy atom. The number of fused-ring (bicyclic) bond motifs is 1. The van der Waals surface area contributed by atoms with Gasteiger partial charge in [0.25, 0.3) is 5.91 Å². The van der Waals surface area contributed by atoms with Crippen molar-refractivity contribution in [2.75, 3.05) is 0 Å². The number of carbonyl (C=O) groups is 1. The van der Waals surface area contributed by atoms with Gasteiger partial charge in [0.1, 0.15) is 11.6 Å². The molecule has 0 aliphatic heterocycles. The molecule has 1 aromatic carbocycles. The summed E-state index contributed by atoms with van der Waals surface area (Å²) in [5.41, 5.74) is 1.89. The number of nitrogens with one attached hydrogen (secondary N) is 1. The Labute approximate surface area is 150 Å². The summed E-state index contributed by atoms with van der Waals surface area (Å²) in [5.74, 6) is -1.72. The van der Waals surface area contributed by atoms with Crippen LogP contribution in [0.15, 0.2) is 30.5 Å². The first-order valence-corrected chi connectivity index (χ1v) is 8.38. The number of hydrogen-bond acceptors (Lipinski definition) is 3. The number of halogens is 2. The van der Waals surface area contributed by atoms with Gasteiger partial charge < -0.3 is 5.32 Å². The van der Waals surface area contributed by atoms with Crippen molar-refractivity contribution in [3.8, 4) is 0 Å². The van der Waals surface area contributed by atoms with Crippen LogP contribution < -0.4 is 5.32 Å². The second kappa shape index (κ2) is 6.82. The molecule has 26 heavy (non-hydrogen) atoms. The van der Waals surface area contributed by atoms with Crippen molar-refractivity contribution in [1.29, 1.82) is 0 Å². The summed E-state index contributed by atoms with van der Waals surface area (Å²) in [5, 5.41) is 7.80. The van der Waals surface area contributed by atoms with Gasteiger partial charge in [0, 0.05) is 23.1 Å². The highest BCUT2D eigenvalue weighted by Crippen LogP contribution is 2.21. The molecule has 7 heteroatoms. The summed E-state index contributed by atoms with van der Waals surface area (Å²) in [4.78, 5) is 17.1. The molecule has 0 saturated heterocycles. The predicted molar refractivity (Wildman–Crippen MR) is 94.9 cm³/mol. The van der Waals surface area contributed by atoms with E-state index in [1.54, 1.807) is 30.8 Å². The zero-order chi connectivity index (χ0) is 19.0. The van der Waals surface area contributed by atoms with Gasteiger partial charge >= 0.3 is 0 Å². The van der Waals surface area contributed by atoms with Crippen LogP contribution in [0, 0.1) is 18.6 Å². The highest BCUT2D eigenvalue weighted by molar-refractivity contribution is 5.98. The molecule has 1 amide bonds. The van der Waals surface area contributed by atoms with Crippen LogP contribution in [0.3, 0.4) is 0 Å². The van der Waals surface area contributed by atoms with Crippen LogP contribution in [-0.2, 0) is 0 Å². The summed E-state index contributed by atoms with van der Waals surface area (Å²) in [7, 11) is 0. The number of hydrogen-bond donors (Lipinski definition) is 1. The van der Waals surface area contributed by atoms with Gasteiger partial charge in [-0.3, -0.25) is 4.79 Å². The average Bonchev–Trinajstić information content (AvgIpc) is 2.96. The summed E-state index contributed by atoms with van der Waals surface area (Å²) >= 11 is 0. The smallest absolute Gasteiger partial charge is 0.253 e. The number of rotatable bonds is 4. The van der Waals surface area contributed by atoms with Crippen LogP contribution in [0.25, 0.3) is 11.0 Å². The van der Waals surface area contributed by atoms with E-state index < -0.39 is 17.7 Å². The van der Waals surface area contributed by atoms with Crippen LogP contribution in [0.4, 0.5) is 8.78 Å². The first-order chi connectivity index (χ1) is 12.3. The lowest BCUT2D eigenvalue weighted by Gasteiger charge is -2.16. The molecule has 0 aliphatic rings. The van der Waals surface area contributed by atoms with Crippen molar-refractivity contribution < 1.29 is 13.6 Å². The fourth-order valence-corrected chi connectivity index (χ4v) is 2.88. The third-order valence-corrected chi connectivity index (χ3v) is 4.27. The molecular weight excluding hydrogens is 338 g/mol. The molecule has 0 aliphatic carbocycles. The van der Waals surface area contributed by atoms with Gasteiger partial charge in [-0.15, -0.1) is 0 Å². The molecule has 136 valence electrons. The summed E-state index contributed by atoms with van der Waals surface area (Å²) < 4.78 is 28.8. The molecule has 0 bridgehead atoms. The zero-order valence-corrected chi connectivity index (χ0v) is 15.0. The normalized spacial score (nSPS) is 12.6. The molecule has 0 spiro atoms. The highest BCUT2D eigenvalue weighted by atomic mass is 19.1. The van der Waals surface area contributed by atoms with E-state index in [2.05, 4.69) is 15.4 Å². The van der Waals surface area contributed by atoms with Gasteiger partial charge in [0.05, 0.1) is 23.5 Å². The maximum absolute atomic E-state index is 13.9. The van der Waals surface area contributed by atoms with E-state index in [0.717, 1.165) is 11.5 Å². The third kappa shape index (κ3) is 3.29. The first-order valence-electron chi connectivity index (χ1n) is 8.38. The SMILES string of the molecule is Cc1nc2c(cnn2C(C)C)cc1C(=O)N[C@H](C)c1ccc(F)cc1F. The lowest BCUT2D eigenvalue weighted by molar-refractivity contribution is 0.0938. The van der Waals surface area contributed by atoms with Crippen molar-refractivity contribution in [3.05, 3.63) is 58.9 Å². The maximum atomic E-state index is 13.9. The van der Waals surface area contributed by atoms with Gasteiger partial charge in [-0.25, -0.2) is 18.4 Å². The summed E-state index contributed by atoms with van der Waals surface area (Å²) in [6.45, 7) is 7.40. The van der Waals surface area contributed by atoms with Crippen molar-refractivity contribution in [3.63, 3.8) is 0 Å². The molecule has 2 heterocycles. The molecular formula is C19H20F2N4O. The number of amides is 1. The lowest BCUT2D eigenvalue weighted by atomic mass is 10.1. The standard InChI is InChI=1S/C19H20F2N4O/c1-10(2)25-18-13(9-22-25)7-16(12(4)23-18)19(26)24-11(3)15-6-5-14(20)8-17(15)21/h5-11H,1-4H3,(H,24,26)/t11-/m1/s1. The van der Waals surface area contributed by atoms with Crippen molar-refractivity contribution >= 4 is 16.9 Å². The Bertz CT molecular complexity index is 981. The van der Waals surface area contributed by atoms with Crippen molar-refractivity contribution in [1.82, 2.24) is 20.1 Å². The largest absolute Gasteiger partial charge is 0.345 e. The van der Waals surface area contributed by atoms with Crippen LogP contribution in [-0.4, -0.2) is 20.7 Å². The number of aromatic nitrogens is 3. The van der Waals surface area contributed by atoms with E-state index in [9.17, 15) is 13.6 Å². The number of benzene rings is 1. The monoisotopic (exact) mass is 358 g/mol.